The first-order valence-corrected chi connectivity index (χ1v) is 5.64. The Bertz CT molecular complexity index is 208. The third kappa shape index (κ3) is 3.35. The summed E-state index contributed by atoms with van der Waals surface area (Å²) in [6.07, 6.45) is 3.84. The van der Waals surface area contributed by atoms with Gasteiger partial charge in [0.15, 0.2) is 0 Å². The van der Waals surface area contributed by atoms with Crippen LogP contribution in [0, 0.1) is 5.41 Å². The van der Waals surface area contributed by atoms with Crippen molar-refractivity contribution in [3.63, 3.8) is 0 Å². The van der Waals surface area contributed by atoms with Crippen molar-refractivity contribution in [3.05, 3.63) is 0 Å². The molecule has 0 aromatic carbocycles. The van der Waals surface area contributed by atoms with Crippen LogP contribution in [0.15, 0.2) is 0 Å². The zero-order chi connectivity index (χ0) is 11.4. The van der Waals surface area contributed by atoms with E-state index in [2.05, 4.69) is 18.7 Å². The van der Waals surface area contributed by atoms with E-state index in [1.807, 2.05) is 0 Å². The van der Waals surface area contributed by atoms with Crippen molar-refractivity contribution in [1.29, 1.82) is 5.41 Å². The van der Waals surface area contributed by atoms with Gasteiger partial charge in [0.05, 0.1) is 0 Å². The average molecular weight is 213 g/mol. The molecule has 5 N–H and O–H groups in total. The lowest BCUT2D eigenvalue weighted by Gasteiger charge is -2.39. The molecule has 5 nitrogen and oxygen atoms in total. The summed E-state index contributed by atoms with van der Waals surface area (Å²) >= 11 is 0. The van der Waals surface area contributed by atoms with Crippen LogP contribution in [0.2, 0.25) is 0 Å². The molecule has 0 aliphatic carbocycles. The van der Waals surface area contributed by atoms with Crippen LogP contribution in [0.4, 0.5) is 0 Å². The molecule has 2 atom stereocenters. The van der Waals surface area contributed by atoms with Gasteiger partial charge in [-0.25, -0.2) is 5.84 Å². The number of piperidine rings is 1. The summed E-state index contributed by atoms with van der Waals surface area (Å²) in [5.41, 5.74) is 5.29. The second kappa shape index (κ2) is 5.32. The van der Waals surface area contributed by atoms with Crippen LogP contribution in [-0.2, 0) is 0 Å². The van der Waals surface area contributed by atoms with E-state index in [-0.39, 0.29) is 5.96 Å². The Morgan fingerprint density at radius 1 is 1.40 bits per heavy atom. The number of nitrogens with one attached hydrogen (secondary N) is 1. The number of hydrogen-bond donors (Lipinski definition) is 3. The van der Waals surface area contributed by atoms with Crippen LogP contribution in [0.1, 0.15) is 33.1 Å². The first-order chi connectivity index (χ1) is 7.02. The Balaban J connectivity index is 2.38. The Morgan fingerprint density at radius 2 is 1.93 bits per heavy atom. The van der Waals surface area contributed by atoms with Crippen LogP contribution in [0.5, 0.6) is 0 Å². The minimum atomic E-state index is -0.0627. The monoisotopic (exact) mass is 213 g/mol. The zero-order valence-electron chi connectivity index (χ0n) is 9.74. The number of rotatable bonds is 3. The molecule has 0 saturated carbocycles. The van der Waals surface area contributed by atoms with Crippen LogP contribution < -0.4 is 11.6 Å². The van der Waals surface area contributed by atoms with E-state index in [0.717, 1.165) is 6.54 Å². The van der Waals surface area contributed by atoms with Gasteiger partial charge in [0.25, 0.3) is 0 Å². The third-order valence-corrected chi connectivity index (χ3v) is 3.28. The Labute approximate surface area is 91.9 Å². The molecule has 1 heterocycles. The molecule has 0 aromatic heterocycles. The van der Waals surface area contributed by atoms with Gasteiger partial charge in [0.2, 0.25) is 5.96 Å². The fraction of sp³-hybridized carbons (Fsp3) is 0.900. The summed E-state index contributed by atoms with van der Waals surface area (Å²) < 4.78 is 0. The molecule has 0 aromatic rings. The quantitative estimate of drug-likeness (QED) is 0.273. The predicted molar refractivity (Wildman–Crippen MR) is 62.3 cm³/mol. The molecule has 0 radical (unpaired) electrons. The Morgan fingerprint density at radius 3 is 2.40 bits per heavy atom. The van der Waals surface area contributed by atoms with Crippen molar-refractivity contribution in [2.75, 3.05) is 13.1 Å². The number of guanidine groups is 1. The molecule has 1 rings (SSSR count). The van der Waals surface area contributed by atoms with E-state index in [4.69, 9.17) is 17.0 Å². The topological polar surface area (TPSA) is 82.4 Å². The highest BCUT2D eigenvalue weighted by atomic mass is 15.5. The summed E-state index contributed by atoms with van der Waals surface area (Å²) in [4.78, 5) is 2.45. The number of hydrogen-bond acceptors (Lipinski definition) is 3. The molecule has 88 valence electrons. The molecule has 0 amide bonds. The van der Waals surface area contributed by atoms with Crippen LogP contribution in [0.25, 0.3) is 0 Å². The summed E-state index contributed by atoms with van der Waals surface area (Å²) in [7, 11) is 0. The summed E-state index contributed by atoms with van der Waals surface area (Å²) in [5.74, 6) is 5.52. The van der Waals surface area contributed by atoms with Gasteiger partial charge in [-0.05, 0) is 26.7 Å². The second-order valence-electron chi connectivity index (χ2n) is 4.45. The lowest BCUT2D eigenvalue weighted by Crippen LogP contribution is -2.50. The van der Waals surface area contributed by atoms with Crippen molar-refractivity contribution in [3.8, 4) is 0 Å². The van der Waals surface area contributed by atoms with E-state index in [0.29, 0.717) is 18.6 Å². The largest absolute Gasteiger partial charge is 0.369 e. The molecule has 0 unspecified atom stereocenters. The Hall–Kier alpha value is -0.810. The number of nitrogens with two attached hydrogens (primary N) is 2. The molecular weight excluding hydrogens is 190 g/mol. The van der Waals surface area contributed by atoms with Crippen LogP contribution in [0.3, 0.4) is 0 Å². The minimum Gasteiger partial charge on any atom is -0.369 e. The molecular formula is C10H23N5. The number of likely N-dealkylation sites (tertiary alicyclic amines) is 1. The molecule has 1 aliphatic heterocycles. The van der Waals surface area contributed by atoms with E-state index in [1.165, 1.54) is 24.3 Å². The van der Waals surface area contributed by atoms with Crippen LogP contribution >= 0.6 is 0 Å². The molecule has 0 spiro atoms. The highest BCUT2D eigenvalue weighted by molar-refractivity contribution is 5.73. The van der Waals surface area contributed by atoms with Crippen molar-refractivity contribution in [2.45, 2.75) is 45.2 Å². The van der Waals surface area contributed by atoms with E-state index >= 15 is 0 Å². The SMILES string of the molecule is C[C@H]1CCC[C@H](C)N1CCN(N)C(=N)N. The molecule has 15 heavy (non-hydrogen) atoms. The van der Waals surface area contributed by atoms with E-state index in [1.54, 1.807) is 0 Å². The number of hydrazine groups is 1. The molecule has 5 heteroatoms. The zero-order valence-corrected chi connectivity index (χ0v) is 9.74. The smallest absolute Gasteiger partial charge is 0.202 e. The summed E-state index contributed by atoms with van der Waals surface area (Å²) in [6, 6.07) is 1.24. The van der Waals surface area contributed by atoms with Crippen molar-refractivity contribution in [1.82, 2.24) is 9.91 Å². The lowest BCUT2D eigenvalue weighted by molar-refractivity contribution is 0.0964. The maximum absolute atomic E-state index is 7.18. The average Bonchev–Trinajstić information content (AvgIpc) is 2.16. The lowest BCUT2D eigenvalue weighted by atomic mass is 9.98. The third-order valence-electron chi connectivity index (χ3n) is 3.28. The number of nitrogens with zero attached hydrogens (tertiary/aromatic N) is 2. The second-order valence-corrected chi connectivity index (χ2v) is 4.45. The van der Waals surface area contributed by atoms with Crippen molar-refractivity contribution in [2.24, 2.45) is 11.6 Å². The fourth-order valence-electron chi connectivity index (χ4n) is 2.26. The Kier molecular flexibility index (Phi) is 4.35. The molecule has 1 saturated heterocycles. The summed E-state index contributed by atoms with van der Waals surface area (Å²) in [6.45, 7) is 6.02. The van der Waals surface area contributed by atoms with Gasteiger partial charge in [-0.3, -0.25) is 15.3 Å². The van der Waals surface area contributed by atoms with E-state index in [9.17, 15) is 0 Å². The van der Waals surface area contributed by atoms with Crippen LogP contribution in [-0.4, -0.2) is 41.0 Å². The van der Waals surface area contributed by atoms with Gasteiger partial charge in [-0.1, -0.05) is 6.42 Å². The maximum atomic E-state index is 7.18. The minimum absolute atomic E-state index is 0.0627. The molecule has 1 aliphatic rings. The standard InChI is InChI=1S/C10H23N5/c1-8-4-3-5-9(2)14(8)6-7-15(13)10(11)12/h8-9H,3-7,13H2,1-2H3,(H3,11,12)/t8-,9-/m0/s1. The summed E-state index contributed by atoms with van der Waals surface area (Å²) in [5, 5.41) is 8.48. The predicted octanol–water partition coefficient (Wildman–Crippen LogP) is 0.318. The van der Waals surface area contributed by atoms with Gasteiger partial charge >= 0.3 is 0 Å². The van der Waals surface area contributed by atoms with Gasteiger partial charge in [-0.15, -0.1) is 0 Å². The highest BCUT2D eigenvalue weighted by Gasteiger charge is 2.24. The van der Waals surface area contributed by atoms with Crippen molar-refractivity contribution >= 4 is 5.96 Å². The molecule has 0 bridgehead atoms. The fourth-order valence-corrected chi connectivity index (χ4v) is 2.26. The first kappa shape index (κ1) is 12.3. The van der Waals surface area contributed by atoms with E-state index < -0.39 is 0 Å². The van der Waals surface area contributed by atoms with Gasteiger partial charge in [0, 0.05) is 25.2 Å². The maximum Gasteiger partial charge on any atom is 0.202 e. The van der Waals surface area contributed by atoms with Crippen molar-refractivity contribution < 1.29 is 0 Å². The normalized spacial score (nSPS) is 27.7. The van der Waals surface area contributed by atoms with Gasteiger partial charge in [-0.2, -0.15) is 0 Å². The van der Waals surface area contributed by atoms with Gasteiger partial charge < -0.3 is 5.73 Å². The van der Waals surface area contributed by atoms with Gasteiger partial charge in [0.1, 0.15) is 0 Å². The first-order valence-electron chi connectivity index (χ1n) is 5.64. The molecule has 1 fully saturated rings. The highest BCUT2D eigenvalue weighted by Crippen LogP contribution is 2.21.